The van der Waals surface area contributed by atoms with Crippen molar-refractivity contribution in [2.75, 3.05) is 6.54 Å². The van der Waals surface area contributed by atoms with E-state index in [1.54, 1.807) is 0 Å². The number of piperidine rings is 1. The molecule has 0 aromatic heterocycles. The fourth-order valence-electron chi connectivity index (χ4n) is 3.81. The molecule has 3 aliphatic rings. The predicted octanol–water partition coefficient (Wildman–Crippen LogP) is 2.13. The third-order valence-electron chi connectivity index (χ3n) is 5.01. The summed E-state index contributed by atoms with van der Waals surface area (Å²) in [5.74, 6) is -0.443. The van der Waals surface area contributed by atoms with Gasteiger partial charge in [0.05, 0.1) is 6.04 Å². The topological polar surface area (TPSA) is 79.0 Å². The van der Waals surface area contributed by atoms with E-state index >= 15 is 0 Å². The molecule has 7 nitrogen and oxygen atoms in total. The third-order valence-corrected chi connectivity index (χ3v) is 5.01. The molecule has 1 aliphatic carbocycles. The second kappa shape index (κ2) is 5.81. The van der Waals surface area contributed by atoms with Gasteiger partial charge in [-0.3, -0.25) is 4.79 Å². The number of rotatable bonds is 2. The lowest BCUT2D eigenvalue weighted by atomic mass is 10.0. The molecular formula is C17H19N3O4. The molecular weight excluding hydrogens is 310 g/mol. The number of nitrogens with zero attached hydrogens (tertiary/aromatic N) is 2. The molecule has 2 fully saturated rings. The van der Waals surface area contributed by atoms with Crippen LogP contribution in [0.2, 0.25) is 0 Å². The summed E-state index contributed by atoms with van der Waals surface area (Å²) >= 11 is 0. The second-order valence-electron chi connectivity index (χ2n) is 6.43. The van der Waals surface area contributed by atoms with Crippen molar-refractivity contribution in [3.63, 3.8) is 0 Å². The molecule has 1 N–H and O–H groups in total. The monoisotopic (exact) mass is 329 g/mol. The van der Waals surface area contributed by atoms with E-state index in [0.29, 0.717) is 18.0 Å². The highest BCUT2D eigenvalue weighted by Crippen LogP contribution is 2.31. The summed E-state index contributed by atoms with van der Waals surface area (Å²) in [5, 5.41) is 3.38. The first kappa shape index (κ1) is 15.0. The maximum absolute atomic E-state index is 12.3. The maximum Gasteiger partial charge on any atom is 0.432 e. The average molecular weight is 329 g/mol. The molecule has 2 heterocycles. The lowest BCUT2D eigenvalue weighted by Gasteiger charge is -2.25. The Bertz CT molecular complexity index is 681. The molecule has 2 saturated heterocycles. The Morgan fingerprint density at radius 2 is 2.00 bits per heavy atom. The van der Waals surface area contributed by atoms with Crippen molar-refractivity contribution in [3.05, 3.63) is 35.4 Å². The van der Waals surface area contributed by atoms with Crippen molar-refractivity contribution in [1.29, 1.82) is 0 Å². The van der Waals surface area contributed by atoms with Gasteiger partial charge in [0.1, 0.15) is 6.04 Å². The maximum atomic E-state index is 12.3. The third kappa shape index (κ3) is 2.40. The lowest BCUT2D eigenvalue weighted by Crippen LogP contribution is -2.40. The summed E-state index contributed by atoms with van der Waals surface area (Å²) in [6, 6.07) is 6.74. The Balaban J connectivity index is 1.42. The molecule has 0 bridgehead atoms. The van der Waals surface area contributed by atoms with Crippen molar-refractivity contribution >= 4 is 18.0 Å². The Morgan fingerprint density at radius 3 is 2.83 bits per heavy atom. The van der Waals surface area contributed by atoms with Crippen LogP contribution >= 0.6 is 0 Å². The zero-order valence-electron chi connectivity index (χ0n) is 13.2. The van der Waals surface area contributed by atoms with Crippen LogP contribution in [0.15, 0.2) is 24.3 Å². The van der Waals surface area contributed by atoms with E-state index in [2.05, 4.69) is 5.32 Å². The van der Waals surface area contributed by atoms with E-state index in [4.69, 9.17) is 4.84 Å². The van der Waals surface area contributed by atoms with Gasteiger partial charge >= 0.3 is 12.1 Å². The smallest absolute Gasteiger partial charge is 0.313 e. The van der Waals surface area contributed by atoms with Crippen LogP contribution < -0.4 is 5.32 Å². The highest BCUT2D eigenvalue weighted by Gasteiger charge is 2.48. The van der Waals surface area contributed by atoms with Gasteiger partial charge in [0.2, 0.25) is 0 Å². The minimum Gasteiger partial charge on any atom is -0.313 e. The fourth-order valence-corrected chi connectivity index (χ4v) is 3.81. The van der Waals surface area contributed by atoms with Crippen molar-refractivity contribution < 1.29 is 19.2 Å². The quantitative estimate of drug-likeness (QED) is 0.843. The highest BCUT2D eigenvalue weighted by atomic mass is 16.7. The number of hydrogen-bond acceptors (Lipinski definition) is 4. The van der Waals surface area contributed by atoms with Crippen LogP contribution in [0.25, 0.3) is 0 Å². The Morgan fingerprint density at radius 1 is 1.17 bits per heavy atom. The number of imide groups is 1. The van der Waals surface area contributed by atoms with E-state index in [0.717, 1.165) is 31.2 Å². The van der Waals surface area contributed by atoms with Gasteiger partial charge < -0.3 is 15.1 Å². The Kier molecular flexibility index (Phi) is 3.63. The molecule has 1 unspecified atom stereocenters. The van der Waals surface area contributed by atoms with E-state index in [1.807, 2.05) is 24.3 Å². The van der Waals surface area contributed by atoms with Crippen LogP contribution in [0.4, 0.5) is 9.59 Å². The molecule has 1 aromatic carbocycles. The van der Waals surface area contributed by atoms with E-state index in [-0.39, 0.29) is 6.04 Å². The molecule has 0 saturated carbocycles. The Hall–Kier alpha value is -2.57. The van der Waals surface area contributed by atoms with Gasteiger partial charge in [-0.1, -0.05) is 29.3 Å². The highest BCUT2D eigenvalue weighted by molar-refractivity contribution is 6.03. The van der Waals surface area contributed by atoms with Crippen LogP contribution in [0, 0.1) is 0 Å². The number of carbonyl (C=O) groups is 3. The second-order valence-corrected chi connectivity index (χ2v) is 6.43. The first-order valence-electron chi connectivity index (χ1n) is 8.36. The number of fused-ring (bicyclic) bond motifs is 2. The zero-order chi connectivity index (χ0) is 16.7. The van der Waals surface area contributed by atoms with E-state index in [9.17, 15) is 14.4 Å². The SMILES string of the molecule is O=C(NC1CCc2ccccc21)ON1C(=O)[C@H]2CCCCN2C1=O. The molecule has 126 valence electrons. The summed E-state index contributed by atoms with van der Waals surface area (Å²) < 4.78 is 0. The minimum atomic E-state index is -0.766. The van der Waals surface area contributed by atoms with Crippen molar-refractivity contribution in [3.8, 4) is 0 Å². The van der Waals surface area contributed by atoms with Crippen LogP contribution in [-0.4, -0.2) is 40.6 Å². The number of hydroxylamine groups is 2. The van der Waals surface area contributed by atoms with Crippen molar-refractivity contribution in [2.24, 2.45) is 0 Å². The van der Waals surface area contributed by atoms with Gasteiger partial charge in [-0.15, -0.1) is 0 Å². The standard InChI is InChI=1S/C17H19N3O4/c21-15-14-7-3-4-10-19(14)17(23)20(15)24-16(22)18-13-9-8-11-5-1-2-6-12(11)13/h1-2,5-6,13-14H,3-4,7-10H2,(H,18,22)/t13?,14-/m1/s1. The van der Waals surface area contributed by atoms with E-state index in [1.165, 1.54) is 10.5 Å². The lowest BCUT2D eigenvalue weighted by molar-refractivity contribution is -0.150. The number of amides is 4. The van der Waals surface area contributed by atoms with Gasteiger partial charge in [-0.05, 0) is 43.2 Å². The molecule has 24 heavy (non-hydrogen) atoms. The van der Waals surface area contributed by atoms with Gasteiger partial charge in [0.15, 0.2) is 0 Å². The van der Waals surface area contributed by atoms with Crippen LogP contribution in [-0.2, 0) is 16.1 Å². The van der Waals surface area contributed by atoms with E-state index < -0.39 is 24.1 Å². The zero-order valence-corrected chi connectivity index (χ0v) is 13.2. The first-order chi connectivity index (χ1) is 11.6. The first-order valence-corrected chi connectivity index (χ1v) is 8.36. The number of benzene rings is 1. The number of urea groups is 1. The number of carbonyl (C=O) groups excluding carboxylic acids is 3. The Labute approximate surface area is 139 Å². The summed E-state index contributed by atoms with van der Waals surface area (Å²) in [4.78, 5) is 43.2. The van der Waals surface area contributed by atoms with Crippen molar-refractivity contribution in [1.82, 2.24) is 15.3 Å². The molecule has 4 rings (SSSR count). The number of aryl methyl sites for hydroxylation is 1. The van der Waals surface area contributed by atoms with Crippen molar-refractivity contribution in [2.45, 2.75) is 44.2 Å². The summed E-state index contributed by atoms with van der Waals surface area (Å²) in [7, 11) is 0. The molecule has 4 amide bonds. The van der Waals surface area contributed by atoms with Gasteiger partial charge in [-0.25, -0.2) is 9.59 Å². The van der Waals surface area contributed by atoms with Crippen LogP contribution in [0.5, 0.6) is 0 Å². The van der Waals surface area contributed by atoms with Gasteiger partial charge in [0, 0.05) is 6.54 Å². The number of hydrogen-bond donors (Lipinski definition) is 1. The summed E-state index contributed by atoms with van der Waals surface area (Å²) in [6.07, 6.45) is 3.30. The normalized spacial score (nSPS) is 25.5. The largest absolute Gasteiger partial charge is 0.432 e. The van der Waals surface area contributed by atoms with Crippen LogP contribution in [0.3, 0.4) is 0 Å². The van der Waals surface area contributed by atoms with Gasteiger partial charge in [-0.2, -0.15) is 0 Å². The molecule has 0 spiro atoms. The number of nitrogens with one attached hydrogen (secondary N) is 1. The molecule has 0 radical (unpaired) electrons. The molecule has 1 aromatic rings. The van der Waals surface area contributed by atoms with Gasteiger partial charge in [0.25, 0.3) is 5.91 Å². The summed E-state index contributed by atoms with van der Waals surface area (Å²) in [5.41, 5.74) is 2.26. The summed E-state index contributed by atoms with van der Waals surface area (Å²) in [6.45, 7) is 0.534. The average Bonchev–Trinajstić information content (AvgIpc) is 3.11. The minimum absolute atomic E-state index is 0.149. The molecule has 7 heteroatoms. The fraction of sp³-hybridized carbons (Fsp3) is 0.471. The molecule has 2 atom stereocenters. The van der Waals surface area contributed by atoms with Crippen LogP contribution in [0.1, 0.15) is 42.9 Å². The predicted molar refractivity (Wildman–Crippen MR) is 83.7 cm³/mol. The molecule has 2 aliphatic heterocycles.